The molecule has 0 saturated carbocycles. The van der Waals surface area contributed by atoms with Gasteiger partial charge in [-0.15, -0.1) is 11.3 Å². The molecule has 0 amide bonds. The summed E-state index contributed by atoms with van der Waals surface area (Å²) in [6.45, 7) is 4.23. The molecule has 1 aromatic carbocycles. The van der Waals surface area contributed by atoms with E-state index in [1.807, 2.05) is 14.0 Å². The predicted molar refractivity (Wildman–Crippen MR) is 73.6 cm³/mol. The van der Waals surface area contributed by atoms with Crippen LogP contribution in [0.2, 0.25) is 0 Å². The van der Waals surface area contributed by atoms with Crippen LogP contribution in [-0.2, 0) is 6.42 Å². The normalized spacial score (nSPS) is 12.6. The van der Waals surface area contributed by atoms with Gasteiger partial charge in [0, 0.05) is 5.38 Å². The van der Waals surface area contributed by atoms with Gasteiger partial charge in [-0.05, 0) is 31.5 Å². The number of aryl methyl sites for hydroxylation is 2. The summed E-state index contributed by atoms with van der Waals surface area (Å²) in [4.78, 5) is 4.57. The van der Waals surface area contributed by atoms with Crippen molar-refractivity contribution in [1.82, 2.24) is 10.3 Å². The summed E-state index contributed by atoms with van der Waals surface area (Å²) in [5.74, 6) is 0. The SMILES string of the molecule is CCc1cccc(C(NC)c2csc(C)n2)c1. The molecule has 0 radical (unpaired) electrons. The van der Waals surface area contributed by atoms with E-state index in [9.17, 15) is 0 Å². The Hall–Kier alpha value is -1.19. The summed E-state index contributed by atoms with van der Waals surface area (Å²) in [5, 5.41) is 6.59. The molecule has 17 heavy (non-hydrogen) atoms. The first-order valence-electron chi connectivity index (χ1n) is 5.92. The maximum absolute atomic E-state index is 4.57. The van der Waals surface area contributed by atoms with Crippen LogP contribution in [-0.4, -0.2) is 12.0 Å². The number of aromatic nitrogens is 1. The molecule has 1 unspecified atom stereocenters. The molecule has 1 heterocycles. The van der Waals surface area contributed by atoms with E-state index in [0.29, 0.717) is 0 Å². The lowest BCUT2D eigenvalue weighted by Crippen LogP contribution is -2.18. The number of benzene rings is 1. The standard InChI is InChI=1S/C14H18N2S/c1-4-11-6-5-7-12(8-11)14(15-3)13-9-17-10(2)16-13/h5-9,14-15H,4H2,1-3H3. The molecule has 0 aliphatic carbocycles. The van der Waals surface area contributed by atoms with Crippen molar-refractivity contribution < 1.29 is 0 Å². The van der Waals surface area contributed by atoms with E-state index in [2.05, 4.69) is 46.9 Å². The van der Waals surface area contributed by atoms with Crippen LogP contribution in [0.5, 0.6) is 0 Å². The first kappa shape index (κ1) is 12.3. The van der Waals surface area contributed by atoms with Crippen molar-refractivity contribution >= 4 is 11.3 Å². The van der Waals surface area contributed by atoms with E-state index in [-0.39, 0.29) is 6.04 Å². The molecule has 0 saturated heterocycles. The summed E-state index contributed by atoms with van der Waals surface area (Å²) < 4.78 is 0. The van der Waals surface area contributed by atoms with Crippen molar-refractivity contribution in [3.8, 4) is 0 Å². The van der Waals surface area contributed by atoms with E-state index in [4.69, 9.17) is 0 Å². The molecule has 0 bridgehead atoms. The fourth-order valence-corrected chi connectivity index (χ4v) is 2.63. The van der Waals surface area contributed by atoms with Crippen LogP contribution in [0.4, 0.5) is 0 Å². The summed E-state index contributed by atoms with van der Waals surface area (Å²) in [6.07, 6.45) is 1.07. The van der Waals surface area contributed by atoms with Crippen LogP contribution in [0.15, 0.2) is 29.6 Å². The van der Waals surface area contributed by atoms with Gasteiger partial charge in [0.1, 0.15) is 0 Å². The Balaban J connectivity index is 2.34. The van der Waals surface area contributed by atoms with E-state index in [1.54, 1.807) is 11.3 Å². The van der Waals surface area contributed by atoms with Gasteiger partial charge in [0.25, 0.3) is 0 Å². The van der Waals surface area contributed by atoms with Gasteiger partial charge < -0.3 is 5.32 Å². The number of thiazole rings is 1. The monoisotopic (exact) mass is 246 g/mol. The Bertz CT molecular complexity index is 490. The molecule has 90 valence electrons. The second kappa shape index (κ2) is 5.43. The Kier molecular flexibility index (Phi) is 3.92. The third kappa shape index (κ3) is 2.73. The largest absolute Gasteiger partial charge is 0.308 e. The van der Waals surface area contributed by atoms with Crippen molar-refractivity contribution in [1.29, 1.82) is 0 Å². The Morgan fingerprint density at radius 2 is 2.24 bits per heavy atom. The zero-order valence-corrected chi connectivity index (χ0v) is 11.3. The van der Waals surface area contributed by atoms with Crippen LogP contribution < -0.4 is 5.32 Å². The predicted octanol–water partition coefficient (Wildman–Crippen LogP) is 3.32. The molecule has 0 aliphatic rings. The second-order valence-corrected chi connectivity index (χ2v) is 5.17. The van der Waals surface area contributed by atoms with Gasteiger partial charge in [-0.2, -0.15) is 0 Å². The van der Waals surface area contributed by atoms with E-state index >= 15 is 0 Å². The first-order valence-corrected chi connectivity index (χ1v) is 6.80. The molecule has 1 atom stereocenters. The maximum atomic E-state index is 4.57. The number of nitrogens with zero attached hydrogens (tertiary/aromatic N) is 1. The Morgan fingerprint density at radius 3 is 2.82 bits per heavy atom. The number of rotatable bonds is 4. The molecule has 1 aromatic heterocycles. The molecule has 2 rings (SSSR count). The summed E-state index contributed by atoms with van der Waals surface area (Å²) in [5.41, 5.74) is 3.77. The number of nitrogens with one attached hydrogen (secondary N) is 1. The van der Waals surface area contributed by atoms with Crippen LogP contribution in [0, 0.1) is 6.92 Å². The molecule has 3 heteroatoms. The number of hydrogen-bond donors (Lipinski definition) is 1. The molecule has 2 aromatic rings. The Morgan fingerprint density at radius 1 is 1.41 bits per heavy atom. The maximum Gasteiger partial charge on any atom is 0.0898 e. The highest BCUT2D eigenvalue weighted by atomic mass is 32.1. The first-order chi connectivity index (χ1) is 8.24. The van der Waals surface area contributed by atoms with Crippen molar-refractivity contribution in [3.63, 3.8) is 0 Å². The van der Waals surface area contributed by atoms with Gasteiger partial charge in [-0.3, -0.25) is 0 Å². The highest BCUT2D eigenvalue weighted by molar-refractivity contribution is 7.09. The summed E-state index contributed by atoms with van der Waals surface area (Å²) in [6, 6.07) is 8.91. The minimum Gasteiger partial charge on any atom is -0.308 e. The smallest absolute Gasteiger partial charge is 0.0898 e. The quantitative estimate of drug-likeness (QED) is 0.895. The molecule has 0 aliphatic heterocycles. The summed E-state index contributed by atoms with van der Waals surface area (Å²) >= 11 is 1.70. The summed E-state index contributed by atoms with van der Waals surface area (Å²) in [7, 11) is 1.98. The average molecular weight is 246 g/mol. The molecular formula is C14H18N2S. The van der Waals surface area contributed by atoms with Gasteiger partial charge in [-0.1, -0.05) is 31.2 Å². The highest BCUT2D eigenvalue weighted by Gasteiger charge is 2.14. The van der Waals surface area contributed by atoms with Crippen LogP contribution >= 0.6 is 11.3 Å². The fraction of sp³-hybridized carbons (Fsp3) is 0.357. The molecule has 0 spiro atoms. The molecular weight excluding hydrogens is 228 g/mol. The van der Waals surface area contributed by atoms with Gasteiger partial charge >= 0.3 is 0 Å². The van der Waals surface area contributed by atoms with Gasteiger partial charge in [-0.25, -0.2) is 4.98 Å². The minimum atomic E-state index is 0.200. The lowest BCUT2D eigenvalue weighted by atomic mass is 10.0. The zero-order chi connectivity index (χ0) is 12.3. The van der Waals surface area contributed by atoms with E-state index < -0.39 is 0 Å². The van der Waals surface area contributed by atoms with Crippen LogP contribution in [0.25, 0.3) is 0 Å². The van der Waals surface area contributed by atoms with Crippen LogP contribution in [0.1, 0.15) is 34.8 Å². The third-order valence-electron chi connectivity index (χ3n) is 2.91. The zero-order valence-electron chi connectivity index (χ0n) is 10.5. The van der Waals surface area contributed by atoms with Gasteiger partial charge in [0.2, 0.25) is 0 Å². The topological polar surface area (TPSA) is 24.9 Å². The Labute approximate surface area is 107 Å². The molecule has 2 nitrogen and oxygen atoms in total. The van der Waals surface area contributed by atoms with E-state index in [0.717, 1.165) is 17.1 Å². The van der Waals surface area contributed by atoms with Gasteiger partial charge in [0.15, 0.2) is 0 Å². The molecule has 0 fully saturated rings. The lowest BCUT2D eigenvalue weighted by Gasteiger charge is -2.15. The van der Waals surface area contributed by atoms with Crippen molar-refractivity contribution in [2.45, 2.75) is 26.3 Å². The van der Waals surface area contributed by atoms with Gasteiger partial charge in [0.05, 0.1) is 16.7 Å². The van der Waals surface area contributed by atoms with Crippen molar-refractivity contribution in [2.24, 2.45) is 0 Å². The highest BCUT2D eigenvalue weighted by Crippen LogP contribution is 2.23. The van der Waals surface area contributed by atoms with Crippen LogP contribution in [0.3, 0.4) is 0 Å². The number of hydrogen-bond acceptors (Lipinski definition) is 3. The average Bonchev–Trinajstić information content (AvgIpc) is 2.77. The fourth-order valence-electron chi connectivity index (χ4n) is 1.99. The van der Waals surface area contributed by atoms with Crippen molar-refractivity contribution in [2.75, 3.05) is 7.05 Å². The second-order valence-electron chi connectivity index (χ2n) is 4.11. The van der Waals surface area contributed by atoms with Crippen molar-refractivity contribution in [3.05, 3.63) is 51.5 Å². The van der Waals surface area contributed by atoms with E-state index in [1.165, 1.54) is 11.1 Å². The minimum absolute atomic E-state index is 0.200. The molecule has 1 N–H and O–H groups in total. The third-order valence-corrected chi connectivity index (χ3v) is 3.71. The lowest BCUT2D eigenvalue weighted by molar-refractivity contribution is 0.673.